The molecule has 0 saturated heterocycles. The zero-order chi connectivity index (χ0) is 46.8. The van der Waals surface area contributed by atoms with Gasteiger partial charge in [0.15, 0.2) is 0 Å². The van der Waals surface area contributed by atoms with Gasteiger partial charge in [-0.15, -0.1) is 0 Å². The fraction of sp³-hybridized carbons (Fsp3) is 0.605. The van der Waals surface area contributed by atoms with Crippen molar-refractivity contribution in [1.29, 1.82) is 0 Å². The fourth-order valence-electron chi connectivity index (χ4n) is 5.35. The van der Waals surface area contributed by atoms with Crippen LogP contribution in [0.2, 0.25) is 0 Å². The van der Waals surface area contributed by atoms with E-state index in [-0.39, 0.29) is 50.5 Å². The van der Waals surface area contributed by atoms with Gasteiger partial charge in [-0.05, 0) is 88.6 Å². The Balaban J connectivity index is 1.53. The number of benzene rings is 2. The molecular formula is C43H67N7O14. The van der Waals surface area contributed by atoms with Gasteiger partial charge in [-0.2, -0.15) is 10.2 Å². The van der Waals surface area contributed by atoms with Crippen molar-refractivity contribution in [3.8, 4) is 0 Å². The number of anilines is 2. The lowest BCUT2D eigenvalue weighted by atomic mass is 9.94. The summed E-state index contributed by atoms with van der Waals surface area (Å²) in [7, 11) is 0. The molecule has 2 atom stereocenters. The number of azo groups is 1. The Bertz CT molecular complexity index is 1660. The molecule has 0 unspecified atom stereocenters. The molecule has 0 aliphatic heterocycles. The lowest BCUT2D eigenvalue weighted by Crippen LogP contribution is -2.45. The number of nitrogens with two attached hydrogens (primary N) is 1. The largest absolute Gasteiger partial charge is 0.481 e. The molecule has 0 aliphatic rings. The van der Waals surface area contributed by atoms with E-state index in [4.69, 9.17) is 38.9 Å². The van der Waals surface area contributed by atoms with Gasteiger partial charge in [-0.3, -0.25) is 14.4 Å². The minimum absolute atomic E-state index is 0.00216. The van der Waals surface area contributed by atoms with E-state index in [0.717, 1.165) is 5.69 Å². The molecule has 2 aromatic rings. The number of carboxylic acids is 2. The number of carbonyl (C=O) groups is 5. The Hall–Kier alpha value is -5.29. The third-order valence-electron chi connectivity index (χ3n) is 8.49. The fourth-order valence-corrected chi connectivity index (χ4v) is 5.35. The van der Waals surface area contributed by atoms with Crippen LogP contribution in [0.25, 0.3) is 0 Å². The second-order valence-corrected chi connectivity index (χ2v) is 15.0. The van der Waals surface area contributed by atoms with Gasteiger partial charge in [0, 0.05) is 43.9 Å². The third kappa shape index (κ3) is 28.4. The molecule has 0 fully saturated rings. The number of aliphatic carboxylic acids is 2. The van der Waals surface area contributed by atoms with Crippen LogP contribution in [-0.4, -0.2) is 151 Å². The summed E-state index contributed by atoms with van der Waals surface area (Å²) in [6.45, 7) is 11.7. The summed E-state index contributed by atoms with van der Waals surface area (Å²) in [5.74, 6) is -4.20. The third-order valence-corrected chi connectivity index (χ3v) is 8.49. The number of nitrogens with zero attached hydrogens (tertiary/aromatic N) is 2. The number of amides is 3. The Morgan fingerprint density at radius 1 is 0.625 bits per heavy atom. The molecule has 2 rings (SSSR count). The molecule has 2 aromatic carbocycles. The molecule has 21 nitrogen and oxygen atoms in total. The number of carboxylic acid groups (broad SMARTS) is 2. The van der Waals surface area contributed by atoms with Gasteiger partial charge in [0.1, 0.15) is 11.6 Å². The number of hydrogen-bond acceptors (Lipinski definition) is 16. The highest BCUT2D eigenvalue weighted by Gasteiger charge is 2.30. The number of hydrogen-bond donors (Lipinski definition) is 7. The van der Waals surface area contributed by atoms with Crippen molar-refractivity contribution in [3.05, 3.63) is 48.5 Å². The second kappa shape index (κ2) is 33.3. The lowest BCUT2D eigenvalue weighted by Gasteiger charge is -2.23. The number of nitrogens with one attached hydrogen (secondary N) is 4. The van der Waals surface area contributed by atoms with Crippen LogP contribution in [0.5, 0.6) is 0 Å². The number of carbonyl (C=O) groups excluding carboxylic acids is 3. The summed E-state index contributed by atoms with van der Waals surface area (Å²) in [5.41, 5.74) is 6.99. The standard InChI is InChI=1S/C43H67N7O14/c1-43(2,3)64-42(57)48-37(41(55)56)31-32(40(53)54)5-4-6-39(52)47-34-9-13-36(14-10-34)50-49-35-11-7-33(8-12-35)45-17-18-46-38(51)15-19-58-21-23-60-25-27-62-29-30-63-28-26-61-24-22-59-20-16-44/h7-14,32,37,45H,4-6,15-31,44H2,1-3H3,(H,46,51)(H,47,52)(H,48,57)(H,53,54)(H,55,56)/b50-49+/t32-,37-/m0/s1. The van der Waals surface area contributed by atoms with Gasteiger partial charge in [0.05, 0.1) is 96.6 Å². The van der Waals surface area contributed by atoms with Crippen LogP contribution in [0.1, 0.15) is 52.9 Å². The molecule has 0 bridgehead atoms. The summed E-state index contributed by atoms with van der Waals surface area (Å²) >= 11 is 0. The highest BCUT2D eigenvalue weighted by atomic mass is 16.6. The molecule has 3 amide bonds. The molecule has 64 heavy (non-hydrogen) atoms. The van der Waals surface area contributed by atoms with Crippen LogP contribution in [0.4, 0.5) is 27.5 Å². The molecule has 0 radical (unpaired) electrons. The Kier molecular flexibility index (Phi) is 28.5. The van der Waals surface area contributed by atoms with Gasteiger partial charge in [-0.1, -0.05) is 0 Å². The van der Waals surface area contributed by atoms with Crippen LogP contribution in [0, 0.1) is 5.92 Å². The quantitative estimate of drug-likeness (QED) is 0.0371. The van der Waals surface area contributed by atoms with Crippen molar-refractivity contribution in [2.45, 2.75) is 64.5 Å². The average molecular weight is 906 g/mol. The van der Waals surface area contributed by atoms with E-state index >= 15 is 0 Å². The topological polar surface area (TPSA) is 289 Å². The maximum Gasteiger partial charge on any atom is 0.408 e. The van der Waals surface area contributed by atoms with Crippen molar-refractivity contribution in [2.24, 2.45) is 21.9 Å². The number of rotatable bonds is 36. The first-order valence-electron chi connectivity index (χ1n) is 21.3. The van der Waals surface area contributed by atoms with Crippen molar-refractivity contribution in [2.75, 3.05) is 110 Å². The van der Waals surface area contributed by atoms with E-state index in [0.29, 0.717) is 109 Å². The predicted molar refractivity (Wildman–Crippen MR) is 236 cm³/mol. The van der Waals surface area contributed by atoms with E-state index < -0.39 is 35.6 Å². The maximum atomic E-state index is 12.5. The minimum atomic E-state index is -1.47. The van der Waals surface area contributed by atoms with Crippen LogP contribution < -0.4 is 27.0 Å². The summed E-state index contributed by atoms with van der Waals surface area (Å²) in [4.78, 5) is 60.2. The van der Waals surface area contributed by atoms with Gasteiger partial charge in [-0.25, -0.2) is 9.59 Å². The van der Waals surface area contributed by atoms with Gasteiger partial charge >= 0.3 is 18.0 Å². The minimum Gasteiger partial charge on any atom is -0.481 e. The molecule has 0 heterocycles. The van der Waals surface area contributed by atoms with Crippen molar-refractivity contribution < 1.29 is 67.3 Å². The predicted octanol–water partition coefficient (Wildman–Crippen LogP) is 4.26. The smallest absolute Gasteiger partial charge is 0.408 e. The number of ether oxygens (including phenoxy) is 7. The zero-order valence-corrected chi connectivity index (χ0v) is 37.2. The second-order valence-electron chi connectivity index (χ2n) is 15.0. The van der Waals surface area contributed by atoms with E-state index in [9.17, 15) is 34.2 Å². The Morgan fingerprint density at radius 2 is 1.11 bits per heavy atom. The van der Waals surface area contributed by atoms with Crippen molar-refractivity contribution in [3.63, 3.8) is 0 Å². The number of alkyl carbamates (subject to hydrolysis) is 1. The maximum absolute atomic E-state index is 12.5. The van der Waals surface area contributed by atoms with Crippen LogP contribution in [0.15, 0.2) is 58.8 Å². The van der Waals surface area contributed by atoms with Crippen molar-refractivity contribution in [1.82, 2.24) is 10.6 Å². The molecule has 0 saturated carbocycles. The van der Waals surface area contributed by atoms with Crippen LogP contribution >= 0.6 is 0 Å². The summed E-state index contributed by atoms with van der Waals surface area (Å²) in [5, 5.41) is 38.7. The molecule has 358 valence electrons. The molecule has 0 aliphatic carbocycles. The van der Waals surface area contributed by atoms with E-state index in [2.05, 4.69) is 31.5 Å². The van der Waals surface area contributed by atoms with Crippen LogP contribution in [0.3, 0.4) is 0 Å². The van der Waals surface area contributed by atoms with Gasteiger partial charge < -0.3 is 70.4 Å². The molecule has 8 N–H and O–H groups in total. The SMILES string of the molecule is CC(C)(C)OC(=O)N[C@@H](C[C@H](CCCC(=O)Nc1ccc(/N=N/c2ccc(NCCNC(=O)CCOCCOCCOCCOCCOCCOCCN)cc2)cc1)C(=O)O)C(=O)O. The normalized spacial score (nSPS) is 12.4. The summed E-state index contributed by atoms with van der Waals surface area (Å²) in [6, 6.07) is 12.5. The monoisotopic (exact) mass is 905 g/mol. The van der Waals surface area contributed by atoms with Crippen LogP contribution in [-0.2, 0) is 52.3 Å². The first-order chi connectivity index (χ1) is 30.8. The Morgan fingerprint density at radius 3 is 1.58 bits per heavy atom. The molecule has 0 aromatic heterocycles. The van der Waals surface area contributed by atoms with Gasteiger partial charge in [0.2, 0.25) is 11.8 Å². The molecule has 21 heteroatoms. The average Bonchev–Trinajstić information content (AvgIpc) is 3.24. The van der Waals surface area contributed by atoms with Gasteiger partial charge in [0.25, 0.3) is 0 Å². The first kappa shape index (κ1) is 54.8. The Labute approximate surface area is 374 Å². The molecule has 0 spiro atoms. The highest BCUT2D eigenvalue weighted by molar-refractivity contribution is 5.90. The summed E-state index contributed by atoms with van der Waals surface area (Å²) < 4.78 is 37.5. The zero-order valence-electron chi connectivity index (χ0n) is 37.2. The van der Waals surface area contributed by atoms with E-state index in [1.807, 2.05) is 12.1 Å². The lowest BCUT2D eigenvalue weighted by molar-refractivity contribution is -0.144. The van der Waals surface area contributed by atoms with E-state index in [1.54, 1.807) is 57.2 Å². The van der Waals surface area contributed by atoms with Crippen molar-refractivity contribution >= 4 is 52.6 Å². The molecular weight excluding hydrogens is 839 g/mol. The first-order valence-corrected chi connectivity index (χ1v) is 21.3. The summed E-state index contributed by atoms with van der Waals surface area (Å²) in [6.07, 6.45) is -0.901. The van der Waals surface area contributed by atoms with E-state index in [1.165, 1.54) is 0 Å². The highest BCUT2D eigenvalue weighted by Crippen LogP contribution is 2.23.